The summed E-state index contributed by atoms with van der Waals surface area (Å²) >= 11 is 1.11. The van der Waals surface area contributed by atoms with Crippen LogP contribution in [0.3, 0.4) is 0 Å². The molecule has 0 aromatic carbocycles. The zero-order valence-corrected chi connectivity index (χ0v) is 10.1. The summed E-state index contributed by atoms with van der Waals surface area (Å²) in [6.07, 6.45) is 1.09. The molecule has 88 valence electrons. The zero-order chi connectivity index (χ0) is 10.9. The van der Waals surface area contributed by atoms with Gasteiger partial charge in [0, 0.05) is 19.2 Å². The van der Waals surface area contributed by atoms with Gasteiger partial charge in [0.15, 0.2) is 5.12 Å². The van der Waals surface area contributed by atoms with E-state index in [0.29, 0.717) is 12.3 Å². The number of carbonyl (C=O) groups excluding carboxylic acids is 1. The fourth-order valence-electron chi connectivity index (χ4n) is 0.422. The normalized spacial score (nSPS) is 9.43. The van der Waals surface area contributed by atoms with E-state index in [4.69, 9.17) is 0 Å². The van der Waals surface area contributed by atoms with Gasteiger partial charge in [-0.25, -0.2) is 13.1 Å². The average molecular weight is 243 g/mol. The molecule has 0 heterocycles. The quantitative estimate of drug-likeness (QED) is 0.760. The van der Waals surface area contributed by atoms with Crippen LogP contribution in [0, 0.1) is 0 Å². The Bertz CT molecular complexity index is 225. The fraction of sp³-hybridized carbons (Fsp3) is 0.875. The van der Waals surface area contributed by atoms with Crippen molar-refractivity contribution in [2.24, 2.45) is 0 Å². The van der Waals surface area contributed by atoms with Gasteiger partial charge < -0.3 is 0 Å². The molecule has 0 saturated carbocycles. The van der Waals surface area contributed by atoms with Gasteiger partial charge in [-0.2, -0.15) is 0 Å². The molecule has 0 saturated heterocycles. The second-order valence-corrected chi connectivity index (χ2v) is 5.11. The van der Waals surface area contributed by atoms with Crippen molar-refractivity contribution in [1.29, 1.82) is 0 Å². The van der Waals surface area contributed by atoms with E-state index in [1.54, 1.807) is 0 Å². The van der Waals surface area contributed by atoms with Crippen molar-refractivity contribution in [3.63, 3.8) is 0 Å². The van der Waals surface area contributed by atoms with Crippen molar-refractivity contribution >= 4 is 26.9 Å². The molecule has 0 bridgehead atoms. The molecule has 0 aliphatic carbocycles. The number of hydrogen-bond acceptors (Lipinski definition) is 4. The van der Waals surface area contributed by atoms with Crippen LogP contribution in [0.2, 0.25) is 0 Å². The van der Waals surface area contributed by atoms with Gasteiger partial charge in [-0.15, -0.1) is 0 Å². The van der Waals surface area contributed by atoms with Crippen molar-refractivity contribution in [3.8, 4) is 0 Å². The molecule has 0 fully saturated rings. The maximum atomic E-state index is 10.5. The molecule has 4 nitrogen and oxygen atoms in total. The fourth-order valence-corrected chi connectivity index (χ4v) is 1.52. The molecule has 6 heteroatoms. The van der Waals surface area contributed by atoms with Gasteiger partial charge in [0.2, 0.25) is 10.0 Å². The second kappa shape index (κ2) is 11.0. The van der Waals surface area contributed by atoms with Crippen LogP contribution in [0.15, 0.2) is 0 Å². The third kappa shape index (κ3) is 22.7. The number of carbonyl (C=O) groups is 1. The van der Waals surface area contributed by atoms with Crippen LogP contribution in [0.1, 0.15) is 28.2 Å². The van der Waals surface area contributed by atoms with Gasteiger partial charge >= 0.3 is 0 Å². The van der Waals surface area contributed by atoms with Crippen molar-refractivity contribution < 1.29 is 13.2 Å². The lowest BCUT2D eigenvalue weighted by molar-refractivity contribution is -0.109. The third-order valence-electron chi connectivity index (χ3n) is 0.772. The van der Waals surface area contributed by atoms with Gasteiger partial charge in [-0.1, -0.05) is 33.0 Å². The number of nitrogens with one attached hydrogen (secondary N) is 1. The molecule has 0 rings (SSSR count). The van der Waals surface area contributed by atoms with Gasteiger partial charge in [0.1, 0.15) is 0 Å². The Morgan fingerprint density at radius 2 is 1.79 bits per heavy atom. The van der Waals surface area contributed by atoms with E-state index in [2.05, 4.69) is 4.72 Å². The van der Waals surface area contributed by atoms with Crippen LogP contribution in [0.25, 0.3) is 0 Å². The lowest BCUT2D eigenvalue weighted by atomic mass is 10.8. The van der Waals surface area contributed by atoms with Crippen LogP contribution < -0.4 is 4.72 Å². The number of sulfonamides is 1. The van der Waals surface area contributed by atoms with E-state index in [1.165, 1.54) is 6.92 Å². The van der Waals surface area contributed by atoms with Gasteiger partial charge in [-0.3, -0.25) is 4.79 Å². The maximum absolute atomic E-state index is 10.5. The van der Waals surface area contributed by atoms with Gasteiger partial charge in [-0.05, 0) is 0 Å². The summed E-state index contributed by atoms with van der Waals surface area (Å²) in [5.41, 5.74) is 0. The van der Waals surface area contributed by atoms with Crippen LogP contribution in [0.5, 0.6) is 0 Å². The van der Waals surface area contributed by atoms with E-state index >= 15 is 0 Å². The van der Waals surface area contributed by atoms with Gasteiger partial charge in [0.05, 0.1) is 6.26 Å². The highest BCUT2D eigenvalue weighted by atomic mass is 32.2. The highest BCUT2D eigenvalue weighted by Gasteiger charge is 1.99. The standard InChI is InChI=1S/C5H11NO3S2.C2H6.CH4/c1-5(7)10-4-3-6-11(2,8)9;1-2;/h6H,3-4H2,1-2H3;1-2H3;1H4. The van der Waals surface area contributed by atoms with Crippen molar-refractivity contribution in [2.45, 2.75) is 28.2 Å². The summed E-state index contributed by atoms with van der Waals surface area (Å²) in [7, 11) is -3.10. The number of hydrogen-bond donors (Lipinski definition) is 1. The monoisotopic (exact) mass is 243 g/mol. The number of thioether (sulfide) groups is 1. The van der Waals surface area contributed by atoms with Crippen molar-refractivity contribution in [2.75, 3.05) is 18.6 Å². The highest BCUT2D eigenvalue weighted by Crippen LogP contribution is 1.98. The first-order chi connectivity index (χ1) is 5.92. The molecule has 0 atom stereocenters. The molecule has 0 radical (unpaired) electrons. The van der Waals surface area contributed by atoms with E-state index in [0.717, 1.165) is 18.0 Å². The van der Waals surface area contributed by atoms with Crippen LogP contribution >= 0.6 is 11.8 Å². The van der Waals surface area contributed by atoms with E-state index < -0.39 is 10.0 Å². The summed E-state index contributed by atoms with van der Waals surface area (Å²) in [5, 5.41) is 0.000279. The minimum absolute atomic E-state index is 0. The Morgan fingerprint density at radius 3 is 2.07 bits per heavy atom. The summed E-state index contributed by atoms with van der Waals surface area (Å²) in [6.45, 7) is 5.76. The minimum atomic E-state index is -3.10. The molecule has 0 spiro atoms. The van der Waals surface area contributed by atoms with Crippen molar-refractivity contribution in [1.82, 2.24) is 4.72 Å². The summed E-state index contributed by atoms with van der Waals surface area (Å²) < 4.78 is 23.2. The Hall–Kier alpha value is -0.0700. The summed E-state index contributed by atoms with van der Waals surface area (Å²) in [4.78, 5) is 10.4. The van der Waals surface area contributed by atoms with Crippen molar-refractivity contribution in [3.05, 3.63) is 0 Å². The molecule has 0 unspecified atom stereocenters. The highest BCUT2D eigenvalue weighted by molar-refractivity contribution is 8.13. The predicted molar refractivity (Wildman–Crippen MR) is 64.1 cm³/mol. The van der Waals surface area contributed by atoms with Crippen LogP contribution in [-0.4, -0.2) is 32.1 Å². The Labute approximate surface area is 91.9 Å². The number of rotatable bonds is 4. The predicted octanol–water partition coefficient (Wildman–Crippen LogP) is 1.48. The zero-order valence-electron chi connectivity index (χ0n) is 8.46. The van der Waals surface area contributed by atoms with Crippen LogP contribution in [-0.2, 0) is 14.8 Å². The summed E-state index contributed by atoms with van der Waals surface area (Å²) in [6, 6.07) is 0. The topological polar surface area (TPSA) is 63.2 Å². The molecule has 1 N–H and O–H groups in total. The van der Waals surface area contributed by atoms with E-state index in [-0.39, 0.29) is 12.5 Å². The largest absolute Gasteiger partial charge is 0.288 e. The smallest absolute Gasteiger partial charge is 0.208 e. The molecule has 0 aromatic rings. The Morgan fingerprint density at radius 1 is 1.36 bits per heavy atom. The molecular formula is C8H21NO3S2. The first kappa shape index (κ1) is 19.5. The van der Waals surface area contributed by atoms with E-state index in [1.807, 2.05) is 13.8 Å². The lowest BCUT2D eigenvalue weighted by Gasteiger charge is -1.98. The Balaban J connectivity index is -0.000000376. The molecular weight excluding hydrogens is 222 g/mol. The maximum Gasteiger partial charge on any atom is 0.208 e. The first-order valence-corrected chi connectivity index (χ1v) is 6.87. The molecule has 0 aliphatic rings. The molecule has 0 amide bonds. The first-order valence-electron chi connectivity index (χ1n) is 4.00. The SMILES string of the molecule is C.CC.CC(=O)SCCNS(C)(=O)=O. The molecule has 0 aliphatic heterocycles. The lowest BCUT2D eigenvalue weighted by Crippen LogP contribution is -2.24. The Kier molecular flexibility index (Phi) is 15.3. The van der Waals surface area contributed by atoms with E-state index in [9.17, 15) is 13.2 Å². The van der Waals surface area contributed by atoms with Gasteiger partial charge in [0.25, 0.3) is 0 Å². The van der Waals surface area contributed by atoms with Crippen LogP contribution in [0.4, 0.5) is 0 Å². The molecule has 0 aromatic heterocycles. The molecule has 14 heavy (non-hydrogen) atoms. The minimum Gasteiger partial charge on any atom is -0.288 e. The third-order valence-corrected chi connectivity index (χ3v) is 2.31. The second-order valence-electron chi connectivity index (χ2n) is 2.01. The summed E-state index contributed by atoms with van der Waals surface area (Å²) in [5.74, 6) is 0.488. The average Bonchev–Trinajstić information content (AvgIpc) is 2.00.